The summed E-state index contributed by atoms with van der Waals surface area (Å²) < 4.78 is 1.44. The Morgan fingerprint density at radius 3 is 2.73 bits per heavy atom. The summed E-state index contributed by atoms with van der Waals surface area (Å²) in [5.74, 6) is -0.507. The number of carbonyl (C=O) groups excluding carboxylic acids is 1. The lowest BCUT2D eigenvalue weighted by molar-refractivity contribution is 0.102. The second kappa shape index (κ2) is 5.25. The maximum absolute atomic E-state index is 12.4. The van der Waals surface area contributed by atoms with E-state index in [2.05, 4.69) is 15.3 Å². The quantitative estimate of drug-likeness (QED) is 0.857. The number of fused-ring (bicyclic) bond motifs is 1. The summed E-state index contributed by atoms with van der Waals surface area (Å²) >= 11 is 0. The Hall–Kier alpha value is -2.70. The molecule has 0 saturated heterocycles. The van der Waals surface area contributed by atoms with Crippen LogP contribution in [0.4, 0.5) is 5.95 Å². The third-order valence-corrected chi connectivity index (χ3v) is 3.91. The second-order valence-corrected chi connectivity index (χ2v) is 5.55. The van der Waals surface area contributed by atoms with Gasteiger partial charge in [0.1, 0.15) is 11.3 Å². The van der Waals surface area contributed by atoms with Gasteiger partial charge in [0, 0.05) is 30.7 Å². The fraction of sp³-hybridized carbons (Fsp3) is 0.333. The fourth-order valence-electron chi connectivity index (χ4n) is 2.84. The lowest BCUT2D eigenvalue weighted by Gasteiger charge is -2.12. The minimum absolute atomic E-state index is 0.0859. The molecule has 7 nitrogen and oxygen atoms in total. The molecule has 1 atom stereocenters. The molecule has 1 aliphatic carbocycles. The molecule has 0 fully saturated rings. The van der Waals surface area contributed by atoms with Gasteiger partial charge in [0.05, 0.1) is 0 Å². The summed E-state index contributed by atoms with van der Waals surface area (Å²) in [6.07, 6.45) is 4.33. The van der Waals surface area contributed by atoms with Gasteiger partial charge in [-0.3, -0.25) is 14.9 Å². The van der Waals surface area contributed by atoms with Crippen molar-refractivity contribution < 1.29 is 9.90 Å². The highest BCUT2D eigenvalue weighted by atomic mass is 16.3. The van der Waals surface area contributed by atoms with E-state index in [0.717, 1.165) is 12.1 Å². The zero-order valence-corrected chi connectivity index (χ0v) is 12.3. The SMILES string of the molecule is C[C@@H]1Cc2c(O)c(C(=O)Nc3ncccn3)c(=O)n(C)c2C1. The largest absolute Gasteiger partial charge is 0.507 e. The van der Waals surface area contributed by atoms with Crippen LogP contribution in [0, 0.1) is 5.92 Å². The molecule has 0 unspecified atom stereocenters. The molecule has 2 aromatic heterocycles. The molecule has 1 aliphatic rings. The minimum atomic E-state index is -0.702. The molecule has 2 N–H and O–H groups in total. The zero-order valence-electron chi connectivity index (χ0n) is 12.3. The number of anilines is 1. The van der Waals surface area contributed by atoms with Gasteiger partial charge in [0.25, 0.3) is 11.5 Å². The molecule has 2 aromatic rings. The highest BCUT2D eigenvalue weighted by Crippen LogP contribution is 2.33. The van der Waals surface area contributed by atoms with E-state index in [1.165, 1.54) is 17.0 Å². The van der Waals surface area contributed by atoms with Crippen molar-refractivity contribution in [3.8, 4) is 5.75 Å². The Labute approximate surface area is 126 Å². The van der Waals surface area contributed by atoms with Gasteiger partial charge in [-0.2, -0.15) is 0 Å². The summed E-state index contributed by atoms with van der Waals surface area (Å²) in [5.41, 5.74) is 0.692. The number of carbonyl (C=O) groups is 1. The monoisotopic (exact) mass is 300 g/mol. The third kappa shape index (κ3) is 2.24. The van der Waals surface area contributed by atoms with Gasteiger partial charge >= 0.3 is 0 Å². The first kappa shape index (κ1) is 14.2. The number of hydrogen-bond donors (Lipinski definition) is 2. The van der Waals surface area contributed by atoms with Gasteiger partial charge in [-0.1, -0.05) is 6.92 Å². The van der Waals surface area contributed by atoms with Gasteiger partial charge in [-0.15, -0.1) is 0 Å². The summed E-state index contributed by atoms with van der Waals surface area (Å²) in [6, 6.07) is 1.61. The molecule has 7 heteroatoms. The van der Waals surface area contributed by atoms with Crippen LogP contribution in [0.15, 0.2) is 23.3 Å². The average molecular weight is 300 g/mol. The van der Waals surface area contributed by atoms with Crippen molar-refractivity contribution in [2.24, 2.45) is 13.0 Å². The molecule has 0 spiro atoms. The Balaban J connectivity index is 2.05. The normalized spacial score (nSPS) is 16.4. The van der Waals surface area contributed by atoms with Crippen LogP contribution in [0.1, 0.15) is 28.5 Å². The number of pyridine rings is 1. The fourth-order valence-corrected chi connectivity index (χ4v) is 2.84. The molecule has 22 heavy (non-hydrogen) atoms. The molecular formula is C15H16N4O3. The molecule has 2 heterocycles. The number of amides is 1. The predicted molar refractivity (Wildman–Crippen MR) is 79.9 cm³/mol. The van der Waals surface area contributed by atoms with Crippen molar-refractivity contribution in [2.75, 3.05) is 5.32 Å². The molecule has 1 amide bonds. The molecule has 3 rings (SSSR count). The highest BCUT2D eigenvalue weighted by molar-refractivity contribution is 6.05. The summed E-state index contributed by atoms with van der Waals surface area (Å²) in [4.78, 5) is 32.5. The molecular weight excluding hydrogens is 284 g/mol. The molecule has 0 saturated carbocycles. The third-order valence-electron chi connectivity index (χ3n) is 3.91. The Bertz CT molecular complexity index is 799. The van der Waals surface area contributed by atoms with E-state index in [4.69, 9.17) is 0 Å². The molecule has 0 bridgehead atoms. The van der Waals surface area contributed by atoms with Crippen molar-refractivity contribution in [3.63, 3.8) is 0 Å². The zero-order chi connectivity index (χ0) is 15.9. The van der Waals surface area contributed by atoms with E-state index in [0.29, 0.717) is 17.9 Å². The number of nitrogens with one attached hydrogen (secondary N) is 1. The Morgan fingerprint density at radius 2 is 2.05 bits per heavy atom. The van der Waals surface area contributed by atoms with Crippen LogP contribution in [0.5, 0.6) is 5.75 Å². The summed E-state index contributed by atoms with van der Waals surface area (Å²) in [6.45, 7) is 2.04. The van der Waals surface area contributed by atoms with Crippen LogP contribution >= 0.6 is 0 Å². The first-order chi connectivity index (χ1) is 10.5. The van der Waals surface area contributed by atoms with E-state index in [1.54, 1.807) is 13.1 Å². The molecule has 0 aliphatic heterocycles. The first-order valence-corrected chi connectivity index (χ1v) is 7.01. The first-order valence-electron chi connectivity index (χ1n) is 7.01. The van der Waals surface area contributed by atoms with Crippen LogP contribution < -0.4 is 10.9 Å². The molecule has 0 aromatic carbocycles. The number of hydrogen-bond acceptors (Lipinski definition) is 5. The average Bonchev–Trinajstić information content (AvgIpc) is 2.88. The lowest BCUT2D eigenvalue weighted by Crippen LogP contribution is -2.30. The smallest absolute Gasteiger partial charge is 0.267 e. The summed E-state index contributed by atoms with van der Waals surface area (Å²) in [5, 5.41) is 12.8. The maximum atomic E-state index is 12.4. The van der Waals surface area contributed by atoms with Gasteiger partial charge in [0.2, 0.25) is 5.95 Å². The van der Waals surface area contributed by atoms with Gasteiger partial charge in [-0.25, -0.2) is 9.97 Å². The van der Waals surface area contributed by atoms with E-state index in [-0.39, 0.29) is 17.3 Å². The van der Waals surface area contributed by atoms with Crippen LogP contribution in [-0.4, -0.2) is 25.5 Å². The van der Waals surface area contributed by atoms with Crippen molar-refractivity contribution in [1.29, 1.82) is 0 Å². The van der Waals surface area contributed by atoms with Gasteiger partial charge in [0.15, 0.2) is 0 Å². The standard InChI is InChI=1S/C15H16N4O3/c1-8-6-9-10(7-8)19(2)14(22)11(12(9)20)13(21)18-15-16-4-3-5-17-15/h3-5,8,20H,6-7H2,1-2H3,(H,16,17,18,21)/t8-/m1/s1. The maximum Gasteiger partial charge on any atom is 0.267 e. The van der Waals surface area contributed by atoms with Crippen molar-refractivity contribution in [3.05, 3.63) is 45.6 Å². The molecule has 0 radical (unpaired) electrons. The van der Waals surface area contributed by atoms with Crippen LogP contribution in [0.2, 0.25) is 0 Å². The van der Waals surface area contributed by atoms with Crippen molar-refractivity contribution in [1.82, 2.24) is 14.5 Å². The number of rotatable bonds is 2. The number of aromatic hydroxyl groups is 1. The van der Waals surface area contributed by atoms with Gasteiger partial charge < -0.3 is 9.67 Å². The van der Waals surface area contributed by atoms with E-state index >= 15 is 0 Å². The Morgan fingerprint density at radius 1 is 1.36 bits per heavy atom. The Kier molecular flexibility index (Phi) is 3.40. The van der Waals surface area contributed by atoms with Gasteiger partial charge in [-0.05, 0) is 24.8 Å². The van der Waals surface area contributed by atoms with E-state index < -0.39 is 11.5 Å². The molecule has 114 valence electrons. The van der Waals surface area contributed by atoms with Crippen molar-refractivity contribution in [2.45, 2.75) is 19.8 Å². The second-order valence-electron chi connectivity index (χ2n) is 5.55. The van der Waals surface area contributed by atoms with Crippen LogP contribution in [-0.2, 0) is 19.9 Å². The van der Waals surface area contributed by atoms with Crippen LogP contribution in [0.3, 0.4) is 0 Å². The summed E-state index contributed by atoms with van der Waals surface area (Å²) in [7, 11) is 1.62. The topological polar surface area (TPSA) is 97.1 Å². The minimum Gasteiger partial charge on any atom is -0.507 e. The number of aromatic nitrogens is 3. The van der Waals surface area contributed by atoms with E-state index in [1.807, 2.05) is 6.92 Å². The predicted octanol–water partition coefficient (Wildman–Crippen LogP) is 0.868. The van der Waals surface area contributed by atoms with Crippen LogP contribution in [0.25, 0.3) is 0 Å². The highest BCUT2D eigenvalue weighted by Gasteiger charge is 2.30. The number of nitrogens with zero attached hydrogens (tertiary/aromatic N) is 3. The lowest BCUT2D eigenvalue weighted by atomic mass is 10.1. The van der Waals surface area contributed by atoms with E-state index in [9.17, 15) is 14.7 Å². The van der Waals surface area contributed by atoms with Crippen molar-refractivity contribution >= 4 is 11.9 Å².